The first-order valence-corrected chi connectivity index (χ1v) is 5.77. The second-order valence-electron chi connectivity index (χ2n) is 3.28. The Hall–Kier alpha value is -0.123. The molecule has 0 aromatic heterocycles. The first-order chi connectivity index (χ1) is 6.16. The second kappa shape index (κ2) is 8.47. The molecule has 0 N–H and O–H groups in total. The summed E-state index contributed by atoms with van der Waals surface area (Å²) in [5.74, 6) is 0. The van der Waals surface area contributed by atoms with Crippen LogP contribution in [0.5, 0.6) is 0 Å². The molecule has 0 rings (SSSR count). The van der Waals surface area contributed by atoms with Gasteiger partial charge in [0.25, 0.3) is 9.76 Å². The molecular formula is C10H20O2Si. The number of hydrogen-bond acceptors (Lipinski definition) is 2. The first kappa shape index (κ1) is 12.9. The Morgan fingerprint density at radius 3 is 2.62 bits per heavy atom. The van der Waals surface area contributed by atoms with E-state index in [2.05, 4.69) is 33.4 Å². The van der Waals surface area contributed by atoms with Crippen LogP contribution in [0.25, 0.3) is 0 Å². The highest BCUT2D eigenvalue weighted by atomic mass is 28.2. The van der Waals surface area contributed by atoms with Crippen LogP contribution < -0.4 is 0 Å². The molecule has 0 bridgehead atoms. The van der Waals surface area contributed by atoms with Crippen LogP contribution >= 0.6 is 0 Å². The van der Waals surface area contributed by atoms with Crippen molar-refractivity contribution in [2.45, 2.75) is 40.2 Å². The second-order valence-corrected chi connectivity index (χ2v) is 4.09. The summed E-state index contributed by atoms with van der Waals surface area (Å²) in [5.41, 5.74) is 3.41. The van der Waals surface area contributed by atoms with Gasteiger partial charge >= 0.3 is 0 Å². The number of hydrogen-bond donors (Lipinski definition) is 0. The van der Waals surface area contributed by atoms with Crippen LogP contribution in [0, 0.1) is 0 Å². The molecule has 0 fully saturated rings. The third-order valence-electron chi connectivity index (χ3n) is 1.59. The fourth-order valence-electron chi connectivity index (χ4n) is 0.627. The van der Waals surface area contributed by atoms with E-state index < -0.39 is 0 Å². The van der Waals surface area contributed by atoms with Crippen LogP contribution in [0.4, 0.5) is 0 Å². The molecular weight excluding hydrogens is 180 g/mol. The van der Waals surface area contributed by atoms with E-state index in [1.807, 2.05) is 0 Å². The van der Waals surface area contributed by atoms with Gasteiger partial charge in [-0.05, 0) is 27.2 Å². The molecule has 0 aliphatic rings. The molecule has 0 spiro atoms. The first-order valence-electron chi connectivity index (χ1n) is 4.79. The Bertz CT molecular complexity index is 142. The quantitative estimate of drug-likeness (QED) is 0.464. The third kappa shape index (κ3) is 9.79. The van der Waals surface area contributed by atoms with E-state index in [0.717, 1.165) is 6.42 Å². The average Bonchev–Trinajstić information content (AvgIpc) is 2.10. The van der Waals surface area contributed by atoms with Crippen molar-refractivity contribution in [3.8, 4) is 0 Å². The van der Waals surface area contributed by atoms with Crippen molar-refractivity contribution in [1.29, 1.82) is 0 Å². The lowest BCUT2D eigenvalue weighted by Crippen LogP contribution is -2.12. The molecule has 0 aliphatic carbocycles. The van der Waals surface area contributed by atoms with Gasteiger partial charge in [-0.2, -0.15) is 0 Å². The van der Waals surface area contributed by atoms with Gasteiger partial charge in [0.2, 0.25) is 0 Å². The molecule has 0 heterocycles. The normalized spacial score (nSPS) is 12.6. The van der Waals surface area contributed by atoms with E-state index in [4.69, 9.17) is 9.16 Å². The summed E-state index contributed by atoms with van der Waals surface area (Å²) in [4.78, 5) is 0. The fraction of sp³-hybridized carbons (Fsp3) is 0.800. The topological polar surface area (TPSA) is 18.5 Å². The standard InChI is InChI=1S/C10H20O2Si/c1-5-10(4)11-6-7-12-13-8-9(2)3/h8,10H,5-7H2,1-4H3. The van der Waals surface area contributed by atoms with Crippen molar-refractivity contribution in [3.05, 3.63) is 11.3 Å². The van der Waals surface area contributed by atoms with Crippen molar-refractivity contribution in [1.82, 2.24) is 0 Å². The van der Waals surface area contributed by atoms with Crippen molar-refractivity contribution >= 4 is 9.76 Å². The lowest BCUT2D eigenvalue weighted by Gasteiger charge is -2.09. The molecule has 1 unspecified atom stereocenters. The molecule has 2 radical (unpaired) electrons. The molecule has 2 nitrogen and oxygen atoms in total. The van der Waals surface area contributed by atoms with Crippen LogP contribution in [-0.2, 0) is 9.16 Å². The molecule has 1 atom stereocenters. The predicted molar refractivity (Wildman–Crippen MR) is 56.8 cm³/mol. The monoisotopic (exact) mass is 200 g/mol. The van der Waals surface area contributed by atoms with Gasteiger partial charge in [-0.1, -0.05) is 18.2 Å². The maximum atomic E-state index is 5.46. The molecule has 0 aromatic rings. The molecule has 0 saturated carbocycles. The summed E-state index contributed by atoms with van der Waals surface area (Å²) < 4.78 is 10.8. The molecule has 76 valence electrons. The van der Waals surface area contributed by atoms with Crippen molar-refractivity contribution in [2.24, 2.45) is 0 Å². The number of rotatable bonds is 7. The van der Waals surface area contributed by atoms with Crippen LogP contribution in [0.15, 0.2) is 11.3 Å². The summed E-state index contributed by atoms with van der Waals surface area (Å²) in [6.07, 6.45) is 1.42. The molecule has 13 heavy (non-hydrogen) atoms. The molecule has 0 saturated heterocycles. The Balaban J connectivity index is 3.13. The number of allylic oxidation sites excluding steroid dienone is 1. The molecule has 3 heteroatoms. The maximum Gasteiger partial charge on any atom is 0.260 e. The largest absolute Gasteiger partial charge is 0.410 e. The van der Waals surface area contributed by atoms with E-state index in [0.29, 0.717) is 29.1 Å². The zero-order valence-corrected chi connectivity index (χ0v) is 10.1. The van der Waals surface area contributed by atoms with Gasteiger partial charge in [0.05, 0.1) is 19.3 Å². The summed E-state index contributed by atoms with van der Waals surface area (Å²) in [5, 5.41) is 0. The Morgan fingerprint density at radius 2 is 2.08 bits per heavy atom. The predicted octanol–water partition coefficient (Wildman–Crippen LogP) is 2.36. The van der Waals surface area contributed by atoms with E-state index in [1.165, 1.54) is 5.57 Å². The van der Waals surface area contributed by atoms with Crippen molar-refractivity contribution in [3.63, 3.8) is 0 Å². The smallest absolute Gasteiger partial charge is 0.260 e. The van der Waals surface area contributed by atoms with Gasteiger partial charge < -0.3 is 9.16 Å². The van der Waals surface area contributed by atoms with Gasteiger partial charge in [0.15, 0.2) is 0 Å². The molecule has 0 aromatic carbocycles. The summed E-state index contributed by atoms with van der Waals surface area (Å²) in [6.45, 7) is 9.76. The van der Waals surface area contributed by atoms with Gasteiger partial charge in [-0.25, -0.2) is 0 Å². The Morgan fingerprint density at radius 1 is 1.38 bits per heavy atom. The minimum atomic E-state index is 0.357. The van der Waals surface area contributed by atoms with Crippen molar-refractivity contribution in [2.75, 3.05) is 13.2 Å². The van der Waals surface area contributed by atoms with Crippen molar-refractivity contribution < 1.29 is 9.16 Å². The van der Waals surface area contributed by atoms with E-state index in [9.17, 15) is 0 Å². The summed E-state index contributed by atoms with van der Waals surface area (Å²) in [6, 6.07) is 0. The molecule has 0 aliphatic heterocycles. The minimum absolute atomic E-state index is 0.357. The third-order valence-corrected chi connectivity index (χ3v) is 2.66. The summed E-state index contributed by atoms with van der Waals surface area (Å²) in [7, 11) is 0.475. The van der Waals surface area contributed by atoms with Crippen LogP contribution in [0.1, 0.15) is 34.1 Å². The molecule has 0 amide bonds. The summed E-state index contributed by atoms with van der Waals surface area (Å²) >= 11 is 0. The number of ether oxygens (including phenoxy) is 1. The highest BCUT2D eigenvalue weighted by Crippen LogP contribution is 1.94. The van der Waals surface area contributed by atoms with Crippen LogP contribution in [-0.4, -0.2) is 29.1 Å². The van der Waals surface area contributed by atoms with Gasteiger partial charge in [-0.15, -0.1) is 0 Å². The Labute approximate surface area is 84.3 Å². The highest BCUT2D eigenvalue weighted by Gasteiger charge is 1.96. The SMILES string of the molecule is CCC(C)OCCO[Si]C=C(C)C. The lowest BCUT2D eigenvalue weighted by molar-refractivity contribution is 0.0437. The zero-order chi connectivity index (χ0) is 10.1. The van der Waals surface area contributed by atoms with E-state index in [-0.39, 0.29) is 0 Å². The maximum absolute atomic E-state index is 5.46. The lowest BCUT2D eigenvalue weighted by atomic mass is 10.3. The van der Waals surface area contributed by atoms with E-state index in [1.54, 1.807) is 0 Å². The fourth-order valence-corrected chi connectivity index (χ4v) is 1.15. The van der Waals surface area contributed by atoms with E-state index >= 15 is 0 Å². The van der Waals surface area contributed by atoms with Gasteiger partial charge in [0, 0.05) is 0 Å². The minimum Gasteiger partial charge on any atom is -0.410 e. The zero-order valence-electron chi connectivity index (χ0n) is 9.09. The Kier molecular flexibility index (Phi) is 8.39. The van der Waals surface area contributed by atoms with Gasteiger partial charge in [-0.3, -0.25) is 0 Å². The highest BCUT2D eigenvalue weighted by molar-refractivity contribution is 6.34. The average molecular weight is 200 g/mol. The van der Waals surface area contributed by atoms with Gasteiger partial charge in [0.1, 0.15) is 0 Å². The van der Waals surface area contributed by atoms with Crippen LogP contribution in [0.2, 0.25) is 0 Å². The van der Waals surface area contributed by atoms with Crippen LogP contribution in [0.3, 0.4) is 0 Å².